The first-order chi connectivity index (χ1) is 13.8. The third-order valence-corrected chi connectivity index (χ3v) is 5.31. The normalized spacial score (nSPS) is 17.9. The van der Waals surface area contributed by atoms with Gasteiger partial charge in [0.25, 0.3) is 0 Å². The molecular formula is C22H27N3O3. The zero-order valence-electron chi connectivity index (χ0n) is 16.5. The van der Waals surface area contributed by atoms with Gasteiger partial charge in [-0.05, 0) is 34.5 Å². The van der Waals surface area contributed by atoms with Gasteiger partial charge in [-0.3, -0.25) is 4.90 Å². The molecule has 0 aliphatic carbocycles. The molecular weight excluding hydrogens is 354 g/mol. The van der Waals surface area contributed by atoms with E-state index in [1.165, 1.54) is 22.0 Å². The molecule has 28 heavy (non-hydrogen) atoms. The monoisotopic (exact) mass is 381 g/mol. The summed E-state index contributed by atoms with van der Waals surface area (Å²) in [4.78, 5) is 6.74. The molecule has 1 atom stereocenters. The Morgan fingerprint density at radius 2 is 2.00 bits per heavy atom. The summed E-state index contributed by atoms with van der Waals surface area (Å²) < 4.78 is 18.8. The van der Waals surface area contributed by atoms with Gasteiger partial charge in [-0.2, -0.15) is 0 Å². The highest BCUT2D eigenvalue weighted by molar-refractivity contribution is 5.84. The lowest BCUT2D eigenvalue weighted by Crippen LogP contribution is -2.38. The van der Waals surface area contributed by atoms with Crippen LogP contribution in [0.5, 0.6) is 5.75 Å². The van der Waals surface area contributed by atoms with Gasteiger partial charge in [-0.25, -0.2) is 4.98 Å². The van der Waals surface area contributed by atoms with Crippen LogP contribution in [0.15, 0.2) is 48.9 Å². The van der Waals surface area contributed by atoms with E-state index in [0.29, 0.717) is 6.61 Å². The number of benzene rings is 2. The largest absolute Gasteiger partial charge is 0.497 e. The number of hydrogen-bond acceptors (Lipinski definition) is 5. The zero-order chi connectivity index (χ0) is 19.3. The average Bonchev–Trinajstić information content (AvgIpc) is 3.18. The van der Waals surface area contributed by atoms with Crippen molar-refractivity contribution in [2.75, 3.05) is 40.5 Å². The number of imidazole rings is 1. The van der Waals surface area contributed by atoms with E-state index in [1.807, 2.05) is 18.6 Å². The number of rotatable bonds is 7. The van der Waals surface area contributed by atoms with Crippen molar-refractivity contribution in [3.8, 4) is 5.75 Å². The van der Waals surface area contributed by atoms with Crippen molar-refractivity contribution in [2.24, 2.45) is 0 Å². The molecule has 1 aliphatic rings. The Balaban J connectivity index is 1.46. The second-order valence-corrected chi connectivity index (χ2v) is 7.14. The molecule has 1 saturated heterocycles. The van der Waals surface area contributed by atoms with Gasteiger partial charge in [0, 0.05) is 39.5 Å². The minimum absolute atomic E-state index is 0.0793. The summed E-state index contributed by atoms with van der Waals surface area (Å²) in [6, 6.07) is 12.7. The molecule has 148 valence electrons. The SMILES string of the molecule is COCCn1cncc1CN1CCOC(c2ccc3cc(OC)ccc3c2)C1. The molecule has 0 N–H and O–H groups in total. The van der Waals surface area contributed by atoms with Crippen LogP contribution >= 0.6 is 0 Å². The first-order valence-corrected chi connectivity index (χ1v) is 9.66. The topological polar surface area (TPSA) is 48.8 Å². The van der Waals surface area contributed by atoms with Crippen LogP contribution < -0.4 is 4.74 Å². The third kappa shape index (κ3) is 4.19. The van der Waals surface area contributed by atoms with Crippen LogP contribution in [0.1, 0.15) is 17.4 Å². The van der Waals surface area contributed by atoms with Gasteiger partial charge in [0.2, 0.25) is 0 Å². The molecule has 2 aromatic carbocycles. The van der Waals surface area contributed by atoms with Crippen LogP contribution in [-0.2, 0) is 22.6 Å². The maximum atomic E-state index is 6.09. The maximum absolute atomic E-state index is 6.09. The molecule has 0 bridgehead atoms. The second kappa shape index (κ2) is 8.73. The quantitative estimate of drug-likeness (QED) is 0.629. The molecule has 6 nitrogen and oxygen atoms in total. The van der Waals surface area contributed by atoms with E-state index in [-0.39, 0.29) is 6.10 Å². The van der Waals surface area contributed by atoms with E-state index >= 15 is 0 Å². The summed E-state index contributed by atoms with van der Waals surface area (Å²) in [5, 5.41) is 2.38. The van der Waals surface area contributed by atoms with Crippen LogP contribution in [0.4, 0.5) is 0 Å². The van der Waals surface area contributed by atoms with Gasteiger partial charge in [0.05, 0.1) is 38.4 Å². The summed E-state index contributed by atoms with van der Waals surface area (Å²) in [7, 11) is 3.42. The van der Waals surface area contributed by atoms with Gasteiger partial charge < -0.3 is 18.8 Å². The fraction of sp³-hybridized carbons (Fsp3) is 0.409. The Kier molecular flexibility index (Phi) is 5.90. The van der Waals surface area contributed by atoms with E-state index in [9.17, 15) is 0 Å². The molecule has 6 heteroatoms. The van der Waals surface area contributed by atoms with Crippen molar-refractivity contribution >= 4 is 10.8 Å². The maximum Gasteiger partial charge on any atom is 0.119 e. The van der Waals surface area contributed by atoms with Gasteiger partial charge >= 0.3 is 0 Å². The number of hydrogen-bond donors (Lipinski definition) is 0. The average molecular weight is 381 g/mol. The lowest BCUT2D eigenvalue weighted by molar-refractivity contribution is -0.0335. The Hall–Kier alpha value is -2.41. The molecule has 1 aromatic heterocycles. The third-order valence-electron chi connectivity index (χ3n) is 5.31. The summed E-state index contributed by atoms with van der Waals surface area (Å²) in [5.41, 5.74) is 2.43. The highest BCUT2D eigenvalue weighted by Crippen LogP contribution is 2.28. The lowest BCUT2D eigenvalue weighted by Gasteiger charge is -2.33. The molecule has 2 heterocycles. The van der Waals surface area contributed by atoms with E-state index in [4.69, 9.17) is 14.2 Å². The van der Waals surface area contributed by atoms with Crippen LogP contribution in [-0.4, -0.2) is 55.0 Å². The van der Waals surface area contributed by atoms with E-state index in [0.717, 1.165) is 38.5 Å². The minimum Gasteiger partial charge on any atom is -0.497 e. The van der Waals surface area contributed by atoms with Crippen molar-refractivity contribution in [2.45, 2.75) is 19.2 Å². The predicted octanol–water partition coefficient (Wildman–Crippen LogP) is 3.26. The summed E-state index contributed by atoms with van der Waals surface area (Å²) in [6.45, 7) is 4.92. The first kappa shape index (κ1) is 18.9. The summed E-state index contributed by atoms with van der Waals surface area (Å²) in [5.74, 6) is 0.880. The second-order valence-electron chi connectivity index (χ2n) is 7.14. The molecule has 0 saturated carbocycles. The van der Waals surface area contributed by atoms with Crippen molar-refractivity contribution in [1.29, 1.82) is 0 Å². The Labute approximate surface area is 165 Å². The van der Waals surface area contributed by atoms with Gasteiger partial charge in [-0.15, -0.1) is 0 Å². The number of fused-ring (bicyclic) bond motifs is 1. The van der Waals surface area contributed by atoms with Crippen molar-refractivity contribution < 1.29 is 14.2 Å². The number of morpholine rings is 1. The molecule has 1 aliphatic heterocycles. The molecule has 3 aromatic rings. The minimum atomic E-state index is 0.0793. The molecule has 0 amide bonds. The highest BCUT2D eigenvalue weighted by Gasteiger charge is 2.23. The molecule has 0 spiro atoms. The smallest absolute Gasteiger partial charge is 0.119 e. The standard InChI is InChI=1S/C22H27N3O3/c1-26-9-8-25-16-23-13-20(25)14-24-7-10-28-22(15-24)19-4-3-18-12-21(27-2)6-5-17(18)11-19/h3-6,11-13,16,22H,7-10,14-15H2,1-2H3. The fourth-order valence-corrected chi connectivity index (χ4v) is 3.72. The van der Waals surface area contributed by atoms with Gasteiger partial charge in [0.1, 0.15) is 5.75 Å². The molecule has 1 fully saturated rings. The highest BCUT2D eigenvalue weighted by atomic mass is 16.5. The Bertz CT molecular complexity index is 924. The first-order valence-electron chi connectivity index (χ1n) is 9.66. The van der Waals surface area contributed by atoms with Gasteiger partial charge in [-0.1, -0.05) is 18.2 Å². The van der Waals surface area contributed by atoms with Gasteiger partial charge in [0.15, 0.2) is 0 Å². The van der Waals surface area contributed by atoms with E-state index in [1.54, 1.807) is 14.2 Å². The Morgan fingerprint density at radius 1 is 1.14 bits per heavy atom. The lowest BCUT2D eigenvalue weighted by atomic mass is 10.0. The van der Waals surface area contributed by atoms with Crippen molar-refractivity contribution in [3.05, 3.63) is 60.2 Å². The number of nitrogens with zero attached hydrogens (tertiary/aromatic N) is 3. The number of ether oxygens (including phenoxy) is 3. The molecule has 4 rings (SSSR count). The van der Waals surface area contributed by atoms with Crippen molar-refractivity contribution in [3.63, 3.8) is 0 Å². The molecule has 0 radical (unpaired) electrons. The Morgan fingerprint density at radius 3 is 2.86 bits per heavy atom. The van der Waals surface area contributed by atoms with Crippen LogP contribution in [0.2, 0.25) is 0 Å². The van der Waals surface area contributed by atoms with Crippen LogP contribution in [0.25, 0.3) is 10.8 Å². The van der Waals surface area contributed by atoms with E-state index in [2.05, 4.69) is 44.8 Å². The fourth-order valence-electron chi connectivity index (χ4n) is 3.72. The predicted molar refractivity (Wildman–Crippen MR) is 109 cm³/mol. The van der Waals surface area contributed by atoms with Crippen LogP contribution in [0.3, 0.4) is 0 Å². The zero-order valence-corrected chi connectivity index (χ0v) is 16.5. The summed E-state index contributed by atoms with van der Waals surface area (Å²) in [6.07, 6.45) is 3.91. The number of aromatic nitrogens is 2. The van der Waals surface area contributed by atoms with E-state index < -0.39 is 0 Å². The summed E-state index contributed by atoms with van der Waals surface area (Å²) >= 11 is 0. The number of methoxy groups -OCH3 is 2. The van der Waals surface area contributed by atoms with Crippen LogP contribution in [0, 0.1) is 0 Å². The molecule has 1 unspecified atom stereocenters. The van der Waals surface area contributed by atoms with Crippen molar-refractivity contribution in [1.82, 2.24) is 14.5 Å².